The first-order chi connectivity index (χ1) is 9.29. The third-order valence-electron chi connectivity index (χ3n) is 3.49. The summed E-state index contributed by atoms with van der Waals surface area (Å²) in [4.78, 5) is 16.2. The SMILES string of the molecule is COC(=O)c1cccn2nc(C3CCNCC3)nc12. The van der Waals surface area contributed by atoms with E-state index in [-0.39, 0.29) is 5.97 Å². The van der Waals surface area contributed by atoms with Crippen LogP contribution in [0.15, 0.2) is 18.3 Å². The first-order valence-corrected chi connectivity index (χ1v) is 6.44. The zero-order valence-corrected chi connectivity index (χ0v) is 10.8. The van der Waals surface area contributed by atoms with Crippen molar-refractivity contribution >= 4 is 11.6 Å². The second-order valence-corrected chi connectivity index (χ2v) is 4.68. The molecule has 0 unspecified atom stereocenters. The lowest BCUT2D eigenvalue weighted by Crippen LogP contribution is -2.27. The molecule has 19 heavy (non-hydrogen) atoms. The molecule has 3 rings (SSSR count). The number of pyridine rings is 1. The van der Waals surface area contributed by atoms with Crippen LogP contribution in [-0.4, -0.2) is 40.8 Å². The number of fused-ring (bicyclic) bond motifs is 1. The van der Waals surface area contributed by atoms with Gasteiger partial charge in [0.15, 0.2) is 11.5 Å². The van der Waals surface area contributed by atoms with E-state index >= 15 is 0 Å². The summed E-state index contributed by atoms with van der Waals surface area (Å²) in [6.45, 7) is 1.98. The van der Waals surface area contributed by atoms with Crippen LogP contribution in [0.1, 0.15) is 34.9 Å². The molecule has 1 aliphatic heterocycles. The number of carbonyl (C=O) groups is 1. The number of ether oxygens (including phenoxy) is 1. The largest absolute Gasteiger partial charge is 0.465 e. The Morgan fingerprint density at radius 2 is 2.26 bits per heavy atom. The molecule has 0 spiro atoms. The summed E-state index contributed by atoms with van der Waals surface area (Å²) in [5, 5.41) is 7.80. The lowest BCUT2D eigenvalue weighted by Gasteiger charge is -2.19. The minimum atomic E-state index is -0.380. The predicted molar refractivity (Wildman–Crippen MR) is 69.2 cm³/mol. The van der Waals surface area contributed by atoms with E-state index in [1.54, 1.807) is 22.8 Å². The van der Waals surface area contributed by atoms with Crippen LogP contribution in [0.5, 0.6) is 0 Å². The number of hydrogen-bond donors (Lipinski definition) is 1. The minimum absolute atomic E-state index is 0.367. The molecule has 1 aliphatic rings. The Kier molecular flexibility index (Phi) is 3.16. The van der Waals surface area contributed by atoms with E-state index in [0.29, 0.717) is 17.1 Å². The zero-order valence-electron chi connectivity index (χ0n) is 10.8. The van der Waals surface area contributed by atoms with E-state index in [1.807, 2.05) is 0 Å². The second kappa shape index (κ2) is 4.97. The minimum Gasteiger partial charge on any atom is -0.465 e. The standard InChI is InChI=1S/C13H16N4O2/c1-19-13(18)10-3-2-8-17-12(10)15-11(16-17)9-4-6-14-7-5-9/h2-3,8-9,14H,4-7H2,1H3. The molecule has 2 aromatic rings. The van der Waals surface area contributed by atoms with Crippen LogP contribution in [0.4, 0.5) is 0 Å². The van der Waals surface area contributed by atoms with Crippen LogP contribution < -0.4 is 5.32 Å². The van der Waals surface area contributed by atoms with Gasteiger partial charge in [0.2, 0.25) is 0 Å². The van der Waals surface area contributed by atoms with Crippen molar-refractivity contribution in [1.29, 1.82) is 0 Å². The van der Waals surface area contributed by atoms with Crippen molar-refractivity contribution in [3.05, 3.63) is 29.7 Å². The average molecular weight is 260 g/mol. The Balaban J connectivity index is 2.02. The van der Waals surface area contributed by atoms with Gasteiger partial charge in [0.05, 0.1) is 7.11 Å². The number of esters is 1. The maximum absolute atomic E-state index is 11.7. The van der Waals surface area contributed by atoms with Crippen LogP contribution in [0.2, 0.25) is 0 Å². The normalized spacial score (nSPS) is 16.7. The topological polar surface area (TPSA) is 68.5 Å². The van der Waals surface area contributed by atoms with Crippen molar-refractivity contribution in [2.24, 2.45) is 0 Å². The van der Waals surface area contributed by atoms with E-state index in [1.165, 1.54) is 7.11 Å². The van der Waals surface area contributed by atoms with Gasteiger partial charge in [-0.1, -0.05) is 0 Å². The van der Waals surface area contributed by atoms with Crippen molar-refractivity contribution in [2.75, 3.05) is 20.2 Å². The molecule has 0 saturated carbocycles. The molecule has 1 fully saturated rings. The highest BCUT2D eigenvalue weighted by Gasteiger charge is 2.21. The first kappa shape index (κ1) is 12.1. The van der Waals surface area contributed by atoms with Gasteiger partial charge in [-0.2, -0.15) is 5.10 Å². The number of carbonyl (C=O) groups excluding carboxylic acids is 1. The molecule has 0 aliphatic carbocycles. The molecule has 0 radical (unpaired) electrons. The molecule has 1 N–H and O–H groups in total. The van der Waals surface area contributed by atoms with Gasteiger partial charge in [-0.3, -0.25) is 0 Å². The van der Waals surface area contributed by atoms with Crippen LogP contribution in [0.3, 0.4) is 0 Å². The van der Waals surface area contributed by atoms with E-state index in [2.05, 4.69) is 15.4 Å². The number of nitrogens with zero attached hydrogens (tertiary/aromatic N) is 3. The Morgan fingerprint density at radius 1 is 1.47 bits per heavy atom. The van der Waals surface area contributed by atoms with Gasteiger partial charge in [-0.15, -0.1) is 0 Å². The molecule has 0 aromatic carbocycles. The molecule has 2 aromatic heterocycles. The number of rotatable bonds is 2. The van der Waals surface area contributed by atoms with Crippen LogP contribution in [0, 0.1) is 0 Å². The smallest absolute Gasteiger partial charge is 0.341 e. The van der Waals surface area contributed by atoms with Gasteiger partial charge in [-0.05, 0) is 38.1 Å². The molecular weight excluding hydrogens is 244 g/mol. The fourth-order valence-corrected chi connectivity index (χ4v) is 2.45. The van der Waals surface area contributed by atoms with Crippen LogP contribution in [0.25, 0.3) is 5.65 Å². The van der Waals surface area contributed by atoms with E-state index < -0.39 is 0 Å². The molecule has 0 amide bonds. The molecular formula is C13H16N4O2. The van der Waals surface area contributed by atoms with E-state index in [4.69, 9.17) is 4.74 Å². The summed E-state index contributed by atoms with van der Waals surface area (Å²) < 4.78 is 6.43. The van der Waals surface area contributed by atoms with Crippen molar-refractivity contribution in [1.82, 2.24) is 19.9 Å². The fourth-order valence-electron chi connectivity index (χ4n) is 2.45. The third kappa shape index (κ3) is 2.19. The van der Waals surface area contributed by atoms with Crippen molar-refractivity contribution in [3.8, 4) is 0 Å². The summed E-state index contributed by atoms with van der Waals surface area (Å²) in [5.41, 5.74) is 1.03. The Labute approximate surface area is 110 Å². The Bertz CT molecular complexity index is 602. The van der Waals surface area contributed by atoms with Gasteiger partial charge < -0.3 is 10.1 Å². The molecule has 100 valence electrons. The molecule has 0 atom stereocenters. The number of hydrogen-bond acceptors (Lipinski definition) is 5. The van der Waals surface area contributed by atoms with Crippen molar-refractivity contribution in [3.63, 3.8) is 0 Å². The maximum Gasteiger partial charge on any atom is 0.341 e. The van der Waals surface area contributed by atoms with Crippen LogP contribution in [-0.2, 0) is 4.74 Å². The van der Waals surface area contributed by atoms with Crippen molar-refractivity contribution in [2.45, 2.75) is 18.8 Å². The number of piperidine rings is 1. The maximum atomic E-state index is 11.7. The summed E-state index contributed by atoms with van der Waals surface area (Å²) in [6.07, 6.45) is 3.87. The van der Waals surface area contributed by atoms with Gasteiger partial charge in [0, 0.05) is 12.1 Å². The monoisotopic (exact) mass is 260 g/mol. The highest BCUT2D eigenvalue weighted by molar-refractivity contribution is 5.95. The lowest BCUT2D eigenvalue weighted by atomic mass is 9.98. The predicted octanol–water partition coefficient (Wildman–Crippen LogP) is 0.983. The highest BCUT2D eigenvalue weighted by atomic mass is 16.5. The molecule has 0 bridgehead atoms. The zero-order chi connectivity index (χ0) is 13.2. The molecule has 6 nitrogen and oxygen atoms in total. The van der Waals surface area contributed by atoms with Crippen LogP contribution >= 0.6 is 0 Å². The summed E-state index contributed by atoms with van der Waals surface area (Å²) >= 11 is 0. The second-order valence-electron chi connectivity index (χ2n) is 4.68. The number of aromatic nitrogens is 3. The molecule has 3 heterocycles. The first-order valence-electron chi connectivity index (χ1n) is 6.44. The van der Waals surface area contributed by atoms with Gasteiger partial charge in [-0.25, -0.2) is 14.3 Å². The number of nitrogens with one attached hydrogen (secondary N) is 1. The summed E-state index contributed by atoms with van der Waals surface area (Å²) in [7, 11) is 1.37. The quantitative estimate of drug-likeness (QED) is 0.815. The fraction of sp³-hybridized carbons (Fsp3) is 0.462. The number of methoxy groups -OCH3 is 1. The van der Waals surface area contributed by atoms with E-state index in [9.17, 15) is 4.79 Å². The van der Waals surface area contributed by atoms with Gasteiger partial charge in [0.1, 0.15) is 5.56 Å². The van der Waals surface area contributed by atoms with Crippen molar-refractivity contribution < 1.29 is 9.53 Å². The van der Waals surface area contributed by atoms with E-state index in [0.717, 1.165) is 31.8 Å². The lowest BCUT2D eigenvalue weighted by molar-refractivity contribution is 0.0602. The van der Waals surface area contributed by atoms with Gasteiger partial charge >= 0.3 is 5.97 Å². The Morgan fingerprint density at radius 3 is 3.00 bits per heavy atom. The molecule has 1 saturated heterocycles. The molecule has 6 heteroatoms. The average Bonchev–Trinajstić information content (AvgIpc) is 2.91. The highest BCUT2D eigenvalue weighted by Crippen LogP contribution is 2.23. The summed E-state index contributed by atoms with van der Waals surface area (Å²) in [6, 6.07) is 3.49. The third-order valence-corrected chi connectivity index (χ3v) is 3.49. The Hall–Kier alpha value is -1.95. The van der Waals surface area contributed by atoms with Gasteiger partial charge in [0.25, 0.3) is 0 Å². The summed E-state index contributed by atoms with van der Waals surface area (Å²) in [5.74, 6) is 0.805.